The molecule has 0 fully saturated rings. The van der Waals surface area contributed by atoms with Crippen molar-refractivity contribution in [1.29, 1.82) is 0 Å². The maximum atomic E-state index is 2.88. The first-order chi connectivity index (χ1) is 3.12. The normalized spacial score (nSPS) is 20.6. The third-order valence-electron chi connectivity index (χ3n) is 1.31. The highest BCUT2D eigenvalue weighted by Gasteiger charge is 2.09. The molecule has 0 amide bonds. The van der Waals surface area contributed by atoms with E-state index in [2.05, 4.69) is 29.8 Å². The van der Waals surface area contributed by atoms with Crippen molar-refractivity contribution >= 4 is 17.8 Å². The van der Waals surface area contributed by atoms with E-state index in [0.717, 1.165) is 8.58 Å². The molecule has 3 unspecified atom stereocenters. The number of rotatable bonds is 2. The van der Waals surface area contributed by atoms with Crippen LogP contribution in [-0.4, -0.2) is 11.6 Å². The van der Waals surface area contributed by atoms with Crippen LogP contribution >= 0.6 is 17.8 Å². The maximum Gasteiger partial charge on any atom is -0.00118 e. The first-order valence-corrected chi connectivity index (χ1v) is 4.68. The van der Waals surface area contributed by atoms with Gasteiger partial charge in [-0.3, -0.25) is 0 Å². The summed E-state index contributed by atoms with van der Waals surface area (Å²) in [6, 6.07) is 0. The Balaban J connectivity index is 3.36. The third-order valence-corrected chi connectivity index (χ3v) is 4.08. The molecular weight excluding hydrogens is 122 g/mol. The van der Waals surface area contributed by atoms with Crippen LogP contribution in [0.25, 0.3) is 0 Å². The zero-order valence-corrected chi connectivity index (χ0v) is 7.44. The highest BCUT2D eigenvalue weighted by molar-refractivity contribution is 7.51. The van der Waals surface area contributed by atoms with Gasteiger partial charge in [-0.1, -0.05) is 13.8 Å². The zero-order valence-electron chi connectivity index (χ0n) is 5.28. The van der Waals surface area contributed by atoms with Crippen molar-refractivity contribution in [2.24, 2.45) is 0 Å². The Morgan fingerprint density at radius 1 is 1.71 bits per heavy atom. The van der Waals surface area contributed by atoms with E-state index in [4.69, 9.17) is 0 Å². The van der Waals surface area contributed by atoms with Crippen LogP contribution < -0.4 is 0 Å². The van der Waals surface area contributed by atoms with Crippen molar-refractivity contribution in [2.75, 3.05) is 6.66 Å². The highest BCUT2D eigenvalue weighted by atomic mass is 31.1. The van der Waals surface area contributed by atoms with E-state index in [1.165, 1.54) is 6.42 Å². The molecular formula is C5H14P2. The van der Waals surface area contributed by atoms with Crippen LogP contribution in [0.4, 0.5) is 0 Å². The Labute approximate surface area is 50.4 Å². The fourth-order valence-corrected chi connectivity index (χ4v) is 0.530. The molecule has 0 nitrogen and oxygen atoms in total. The largest absolute Gasteiger partial charge is 0.127 e. The van der Waals surface area contributed by atoms with E-state index in [-0.39, 0.29) is 0 Å². The molecule has 3 atom stereocenters. The van der Waals surface area contributed by atoms with Crippen LogP contribution in [0.2, 0.25) is 0 Å². The van der Waals surface area contributed by atoms with E-state index in [9.17, 15) is 0 Å². The summed E-state index contributed by atoms with van der Waals surface area (Å²) in [7, 11) is 3.93. The Hall–Kier alpha value is 0.860. The summed E-state index contributed by atoms with van der Waals surface area (Å²) < 4.78 is 0. The van der Waals surface area contributed by atoms with Crippen LogP contribution in [0.3, 0.4) is 0 Å². The predicted molar refractivity (Wildman–Crippen MR) is 42.6 cm³/mol. The van der Waals surface area contributed by atoms with Crippen LogP contribution in [0.1, 0.15) is 20.3 Å². The molecule has 0 N–H and O–H groups in total. The van der Waals surface area contributed by atoms with Gasteiger partial charge in [0, 0.05) is 0 Å². The molecule has 0 radical (unpaired) electrons. The molecule has 0 heterocycles. The van der Waals surface area contributed by atoms with Crippen molar-refractivity contribution in [3.8, 4) is 0 Å². The SMILES string of the molecule is CCC(C)(P)PC. The fraction of sp³-hybridized carbons (Fsp3) is 1.00. The van der Waals surface area contributed by atoms with Gasteiger partial charge in [0.1, 0.15) is 0 Å². The van der Waals surface area contributed by atoms with E-state index < -0.39 is 0 Å². The summed E-state index contributed by atoms with van der Waals surface area (Å²) in [6.07, 6.45) is 1.27. The second kappa shape index (κ2) is 3.00. The summed E-state index contributed by atoms with van der Waals surface area (Å²) >= 11 is 0. The molecule has 0 aliphatic carbocycles. The van der Waals surface area contributed by atoms with Crippen LogP contribution in [0, 0.1) is 0 Å². The molecule has 0 bridgehead atoms. The molecule has 7 heavy (non-hydrogen) atoms. The maximum absolute atomic E-state index is 2.88. The molecule has 0 aliphatic rings. The zero-order chi connectivity index (χ0) is 5.91. The lowest BCUT2D eigenvalue weighted by atomic mass is 10.4. The topological polar surface area (TPSA) is 0 Å². The van der Waals surface area contributed by atoms with Crippen molar-refractivity contribution in [3.05, 3.63) is 0 Å². The fourth-order valence-electron chi connectivity index (χ4n) is 0.177. The molecule has 0 aromatic carbocycles. The molecule has 2 heteroatoms. The van der Waals surface area contributed by atoms with E-state index >= 15 is 0 Å². The molecule has 0 rings (SSSR count). The highest BCUT2D eigenvalue weighted by Crippen LogP contribution is 2.37. The summed E-state index contributed by atoms with van der Waals surface area (Å²) in [4.78, 5) is 0.528. The molecule has 0 saturated carbocycles. The standard InChI is InChI=1S/C5H14P2/c1-4-5(2,6)7-3/h7H,4,6H2,1-3H3. The molecule has 0 aromatic rings. The minimum atomic E-state index is 0.528. The van der Waals surface area contributed by atoms with Gasteiger partial charge in [-0.25, -0.2) is 0 Å². The van der Waals surface area contributed by atoms with Crippen LogP contribution in [-0.2, 0) is 0 Å². The van der Waals surface area contributed by atoms with E-state index in [1.54, 1.807) is 0 Å². The van der Waals surface area contributed by atoms with E-state index in [0.29, 0.717) is 4.90 Å². The van der Waals surface area contributed by atoms with E-state index in [1.807, 2.05) is 0 Å². The molecule has 44 valence electrons. The smallest absolute Gasteiger partial charge is 0.00118 e. The summed E-state index contributed by atoms with van der Waals surface area (Å²) in [5.74, 6) is 0. The van der Waals surface area contributed by atoms with Gasteiger partial charge in [0.05, 0.1) is 0 Å². The first-order valence-electron chi connectivity index (χ1n) is 2.60. The second-order valence-electron chi connectivity index (χ2n) is 2.02. The van der Waals surface area contributed by atoms with Gasteiger partial charge in [-0.05, 0) is 18.0 Å². The first kappa shape index (κ1) is 7.86. The Bertz CT molecular complexity index is 44.0. The molecule has 0 saturated heterocycles. The van der Waals surface area contributed by atoms with Crippen LogP contribution in [0.5, 0.6) is 0 Å². The average molecular weight is 136 g/mol. The molecule has 0 spiro atoms. The Morgan fingerprint density at radius 3 is 2.14 bits per heavy atom. The van der Waals surface area contributed by atoms with Crippen molar-refractivity contribution in [1.82, 2.24) is 0 Å². The third kappa shape index (κ3) is 3.44. The van der Waals surface area contributed by atoms with Crippen molar-refractivity contribution < 1.29 is 0 Å². The Morgan fingerprint density at radius 2 is 2.14 bits per heavy atom. The quantitative estimate of drug-likeness (QED) is 0.511. The monoisotopic (exact) mass is 136 g/mol. The van der Waals surface area contributed by atoms with Gasteiger partial charge in [0.2, 0.25) is 0 Å². The van der Waals surface area contributed by atoms with Gasteiger partial charge in [-0.2, -0.15) is 0 Å². The molecule has 0 aromatic heterocycles. The van der Waals surface area contributed by atoms with Gasteiger partial charge < -0.3 is 0 Å². The van der Waals surface area contributed by atoms with Gasteiger partial charge in [0.15, 0.2) is 0 Å². The lowest BCUT2D eigenvalue weighted by molar-refractivity contribution is 0.842. The summed E-state index contributed by atoms with van der Waals surface area (Å²) in [6.45, 7) is 6.75. The minimum absolute atomic E-state index is 0.528. The van der Waals surface area contributed by atoms with Gasteiger partial charge in [0.25, 0.3) is 0 Å². The molecule has 0 aliphatic heterocycles. The predicted octanol–water partition coefficient (Wildman–Crippen LogP) is 2.30. The lowest BCUT2D eigenvalue weighted by Gasteiger charge is -2.18. The summed E-state index contributed by atoms with van der Waals surface area (Å²) in [5.41, 5.74) is 0. The van der Waals surface area contributed by atoms with Gasteiger partial charge >= 0.3 is 0 Å². The average Bonchev–Trinajstić information content (AvgIpc) is 1.68. The van der Waals surface area contributed by atoms with Crippen molar-refractivity contribution in [3.63, 3.8) is 0 Å². The Kier molecular flexibility index (Phi) is 3.37. The summed E-state index contributed by atoms with van der Waals surface area (Å²) in [5, 5.41) is 0. The minimum Gasteiger partial charge on any atom is -0.127 e. The number of hydrogen-bond donors (Lipinski definition) is 0. The van der Waals surface area contributed by atoms with Crippen molar-refractivity contribution in [2.45, 2.75) is 25.2 Å². The second-order valence-corrected chi connectivity index (χ2v) is 5.51. The van der Waals surface area contributed by atoms with Gasteiger partial charge in [-0.15, -0.1) is 17.8 Å². The van der Waals surface area contributed by atoms with Crippen LogP contribution in [0.15, 0.2) is 0 Å². The number of hydrogen-bond acceptors (Lipinski definition) is 0. The lowest BCUT2D eigenvalue weighted by Crippen LogP contribution is -2.02.